The van der Waals surface area contributed by atoms with Gasteiger partial charge in [-0.2, -0.15) is 0 Å². The molecule has 1 saturated carbocycles. The Balaban J connectivity index is 1.35. The smallest absolute Gasteiger partial charge is 0.353 e. The van der Waals surface area contributed by atoms with Crippen LogP contribution < -0.4 is 10.2 Å². The van der Waals surface area contributed by atoms with Crippen molar-refractivity contribution in [3.05, 3.63) is 88.2 Å². The van der Waals surface area contributed by atoms with Gasteiger partial charge in [0.05, 0.1) is 11.0 Å². The Morgan fingerprint density at radius 1 is 0.833 bits per heavy atom. The molecule has 0 radical (unpaired) electrons. The standard InChI is InChI=1S/C28H34N6O2/c35-34(36)26-27(31-24-15-9-1-2-10-16-24)29-21-30-28(26)33-19-17-32(18-20-33)25(22-11-5-3-6-12-22)23-13-7-4-8-14-23/h3-8,11-14,21,24-25H,1-2,9-10,15-20H2,(H,29,30,31). The van der Waals surface area contributed by atoms with E-state index in [0.717, 1.165) is 38.8 Å². The number of nitro groups is 1. The van der Waals surface area contributed by atoms with Gasteiger partial charge in [0, 0.05) is 32.2 Å². The lowest BCUT2D eigenvalue weighted by Crippen LogP contribution is -2.48. The second-order valence-electron chi connectivity index (χ2n) is 9.73. The van der Waals surface area contributed by atoms with E-state index in [0.29, 0.717) is 24.7 Å². The minimum Gasteiger partial charge on any atom is -0.361 e. The van der Waals surface area contributed by atoms with E-state index >= 15 is 0 Å². The normalized spacial score (nSPS) is 17.6. The van der Waals surface area contributed by atoms with Crippen molar-refractivity contribution in [1.82, 2.24) is 14.9 Å². The Kier molecular flexibility index (Phi) is 7.71. The Morgan fingerprint density at radius 3 is 1.97 bits per heavy atom. The lowest BCUT2D eigenvalue weighted by molar-refractivity contribution is -0.383. The minimum atomic E-state index is -0.322. The monoisotopic (exact) mass is 486 g/mol. The maximum Gasteiger partial charge on any atom is 0.353 e. The molecule has 1 N–H and O–H groups in total. The number of anilines is 2. The van der Waals surface area contributed by atoms with Gasteiger partial charge in [0.1, 0.15) is 6.33 Å². The van der Waals surface area contributed by atoms with E-state index in [2.05, 4.69) is 68.7 Å². The molecule has 3 aromatic rings. The van der Waals surface area contributed by atoms with Gasteiger partial charge in [0.25, 0.3) is 0 Å². The van der Waals surface area contributed by atoms with E-state index < -0.39 is 0 Å². The van der Waals surface area contributed by atoms with Crippen LogP contribution in [-0.4, -0.2) is 52.0 Å². The number of rotatable bonds is 7. The highest BCUT2D eigenvalue weighted by Crippen LogP contribution is 2.35. The zero-order valence-corrected chi connectivity index (χ0v) is 20.6. The first-order valence-electron chi connectivity index (χ1n) is 13.1. The molecule has 0 bridgehead atoms. The molecule has 2 heterocycles. The van der Waals surface area contributed by atoms with Crippen molar-refractivity contribution >= 4 is 17.3 Å². The molecule has 2 aromatic carbocycles. The first kappa shape index (κ1) is 24.2. The number of aromatic nitrogens is 2. The molecule has 0 atom stereocenters. The minimum absolute atomic E-state index is 0.00198. The summed E-state index contributed by atoms with van der Waals surface area (Å²) in [6, 6.07) is 21.4. The van der Waals surface area contributed by atoms with Crippen molar-refractivity contribution in [2.75, 3.05) is 36.4 Å². The zero-order chi connectivity index (χ0) is 24.7. The van der Waals surface area contributed by atoms with E-state index in [-0.39, 0.29) is 22.7 Å². The molecule has 8 nitrogen and oxygen atoms in total. The van der Waals surface area contributed by atoms with Crippen LogP contribution in [0.5, 0.6) is 0 Å². The Bertz CT molecular complexity index is 1090. The van der Waals surface area contributed by atoms with Crippen molar-refractivity contribution in [1.29, 1.82) is 0 Å². The number of piperazine rings is 1. The van der Waals surface area contributed by atoms with Crippen LogP contribution in [0.3, 0.4) is 0 Å². The van der Waals surface area contributed by atoms with Gasteiger partial charge >= 0.3 is 5.69 Å². The van der Waals surface area contributed by atoms with Crippen LogP contribution in [0, 0.1) is 10.1 Å². The average molecular weight is 487 g/mol. The highest BCUT2D eigenvalue weighted by molar-refractivity contribution is 5.70. The second kappa shape index (κ2) is 11.5. The van der Waals surface area contributed by atoms with Crippen molar-refractivity contribution in [2.45, 2.75) is 50.6 Å². The maximum absolute atomic E-state index is 12.2. The van der Waals surface area contributed by atoms with Gasteiger partial charge in [-0.3, -0.25) is 15.0 Å². The van der Waals surface area contributed by atoms with Crippen LogP contribution in [0.15, 0.2) is 67.0 Å². The van der Waals surface area contributed by atoms with Crippen molar-refractivity contribution < 1.29 is 4.92 Å². The quantitative estimate of drug-likeness (QED) is 0.271. The fraction of sp³-hybridized carbons (Fsp3) is 0.429. The summed E-state index contributed by atoms with van der Waals surface area (Å²) in [7, 11) is 0. The van der Waals surface area contributed by atoms with Crippen molar-refractivity contribution in [3.63, 3.8) is 0 Å². The average Bonchev–Trinajstić information content (AvgIpc) is 3.19. The SMILES string of the molecule is O=[N+]([O-])c1c(NC2CCCCCC2)ncnc1N1CCN(C(c2ccccc2)c2ccccc2)CC1. The molecule has 0 amide bonds. The molecule has 1 saturated heterocycles. The highest BCUT2D eigenvalue weighted by atomic mass is 16.6. The van der Waals surface area contributed by atoms with Gasteiger partial charge in [-0.05, 0) is 24.0 Å². The lowest BCUT2D eigenvalue weighted by Gasteiger charge is -2.40. The highest BCUT2D eigenvalue weighted by Gasteiger charge is 2.32. The van der Waals surface area contributed by atoms with Crippen LogP contribution in [0.2, 0.25) is 0 Å². The summed E-state index contributed by atoms with van der Waals surface area (Å²) in [5, 5.41) is 15.6. The van der Waals surface area contributed by atoms with Gasteiger partial charge in [-0.25, -0.2) is 9.97 Å². The summed E-state index contributed by atoms with van der Waals surface area (Å²) in [5.41, 5.74) is 2.50. The van der Waals surface area contributed by atoms with E-state index in [4.69, 9.17) is 0 Å². The Morgan fingerprint density at radius 2 is 1.42 bits per heavy atom. The molecular formula is C28H34N6O2. The molecular weight excluding hydrogens is 452 g/mol. The number of benzene rings is 2. The van der Waals surface area contributed by atoms with E-state index in [1.54, 1.807) is 0 Å². The number of nitrogens with one attached hydrogen (secondary N) is 1. The maximum atomic E-state index is 12.2. The van der Waals surface area contributed by atoms with E-state index in [1.165, 1.54) is 30.3 Å². The Hall–Kier alpha value is -3.52. The topological polar surface area (TPSA) is 87.4 Å². The fourth-order valence-corrected chi connectivity index (χ4v) is 5.57. The summed E-state index contributed by atoms with van der Waals surface area (Å²) in [4.78, 5) is 25.1. The number of hydrogen-bond acceptors (Lipinski definition) is 7. The molecule has 0 unspecified atom stereocenters. The van der Waals surface area contributed by atoms with Gasteiger partial charge < -0.3 is 10.2 Å². The first-order valence-corrected chi connectivity index (χ1v) is 13.1. The molecule has 2 fully saturated rings. The summed E-state index contributed by atoms with van der Waals surface area (Å²) < 4.78 is 0. The Labute approximate surface area is 212 Å². The number of hydrogen-bond donors (Lipinski definition) is 1. The molecule has 1 aliphatic carbocycles. The number of nitrogens with zero attached hydrogens (tertiary/aromatic N) is 5. The predicted octanol–water partition coefficient (Wildman–Crippen LogP) is 5.43. The lowest BCUT2D eigenvalue weighted by atomic mass is 9.96. The zero-order valence-electron chi connectivity index (χ0n) is 20.6. The van der Waals surface area contributed by atoms with Gasteiger partial charge in [-0.1, -0.05) is 86.3 Å². The fourth-order valence-electron chi connectivity index (χ4n) is 5.57. The van der Waals surface area contributed by atoms with Crippen molar-refractivity contribution in [3.8, 4) is 0 Å². The van der Waals surface area contributed by atoms with E-state index in [1.807, 2.05) is 17.0 Å². The third kappa shape index (κ3) is 5.49. The van der Waals surface area contributed by atoms with Crippen LogP contribution in [0.1, 0.15) is 55.7 Å². The van der Waals surface area contributed by atoms with Crippen LogP contribution in [0.4, 0.5) is 17.3 Å². The summed E-state index contributed by atoms with van der Waals surface area (Å²) in [6.45, 7) is 2.88. The molecule has 2 aliphatic rings. The molecule has 5 rings (SSSR count). The summed E-state index contributed by atoms with van der Waals surface area (Å²) >= 11 is 0. The van der Waals surface area contributed by atoms with Gasteiger partial charge in [-0.15, -0.1) is 0 Å². The predicted molar refractivity (Wildman–Crippen MR) is 142 cm³/mol. The van der Waals surface area contributed by atoms with Crippen LogP contribution in [-0.2, 0) is 0 Å². The molecule has 188 valence electrons. The summed E-state index contributed by atoms with van der Waals surface area (Å²) in [6.07, 6.45) is 8.26. The van der Waals surface area contributed by atoms with Crippen LogP contribution >= 0.6 is 0 Å². The van der Waals surface area contributed by atoms with Gasteiger partial charge in [0.15, 0.2) is 0 Å². The van der Waals surface area contributed by atoms with Crippen molar-refractivity contribution in [2.24, 2.45) is 0 Å². The molecule has 0 spiro atoms. The molecule has 8 heteroatoms. The molecule has 1 aromatic heterocycles. The molecule has 36 heavy (non-hydrogen) atoms. The first-order chi connectivity index (χ1) is 17.7. The molecule has 1 aliphatic heterocycles. The largest absolute Gasteiger partial charge is 0.361 e. The van der Waals surface area contributed by atoms with Crippen LogP contribution in [0.25, 0.3) is 0 Å². The van der Waals surface area contributed by atoms with E-state index in [9.17, 15) is 10.1 Å². The third-order valence-electron chi connectivity index (χ3n) is 7.39. The third-order valence-corrected chi connectivity index (χ3v) is 7.39. The second-order valence-corrected chi connectivity index (χ2v) is 9.73. The van der Waals surface area contributed by atoms with Gasteiger partial charge in [0.2, 0.25) is 11.6 Å². The summed E-state index contributed by atoms with van der Waals surface area (Å²) in [5.74, 6) is 0.771.